The van der Waals surface area contributed by atoms with Crippen molar-refractivity contribution in [3.63, 3.8) is 0 Å². The average molecular weight is 240 g/mol. The van der Waals surface area contributed by atoms with E-state index in [0.29, 0.717) is 0 Å². The van der Waals surface area contributed by atoms with Crippen LogP contribution in [0.5, 0.6) is 0 Å². The first-order valence-corrected chi connectivity index (χ1v) is 6.93. The van der Waals surface area contributed by atoms with Gasteiger partial charge >= 0.3 is 0 Å². The highest BCUT2D eigenvalue weighted by atomic mass is 16.2. The normalized spacial score (nSPS) is 22.5. The molecule has 1 aliphatic rings. The second-order valence-electron chi connectivity index (χ2n) is 6.24. The molecule has 3 nitrogen and oxygen atoms in total. The minimum atomic E-state index is -0.265. The highest BCUT2D eigenvalue weighted by Crippen LogP contribution is 2.16. The molecule has 1 unspecified atom stereocenters. The highest BCUT2D eigenvalue weighted by molar-refractivity contribution is 5.81. The predicted octanol–water partition coefficient (Wildman–Crippen LogP) is 2.41. The summed E-state index contributed by atoms with van der Waals surface area (Å²) < 4.78 is 0. The number of carbonyl (C=O) groups excluding carboxylic acids is 1. The van der Waals surface area contributed by atoms with Crippen LogP contribution in [0.2, 0.25) is 0 Å². The molecule has 1 amide bonds. The van der Waals surface area contributed by atoms with E-state index in [1.807, 2.05) is 20.8 Å². The first-order chi connectivity index (χ1) is 7.91. The Bertz CT molecular complexity index is 245. The largest absolute Gasteiger partial charge is 0.356 e. The van der Waals surface area contributed by atoms with Crippen LogP contribution >= 0.6 is 0 Å². The van der Waals surface area contributed by atoms with Crippen LogP contribution < -0.4 is 5.32 Å². The second-order valence-corrected chi connectivity index (χ2v) is 6.24. The van der Waals surface area contributed by atoms with Crippen LogP contribution in [-0.2, 0) is 4.79 Å². The van der Waals surface area contributed by atoms with Gasteiger partial charge in [-0.1, -0.05) is 27.2 Å². The van der Waals surface area contributed by atoms with E-state index >= 15 is 0 Å². The summed E-state index contributed by atoms with van der Waals surface area (Å²) in [5, 5.41) is 3.01. The van der Waals surface area contributed by atoms with Crippen LogP contribution in [0.1, 0.15) is 53.4 Å². The molecule has 1 aliphatic heterocycles. The standard InChI is InChI=1S/C14H28N2O/c1-12-8-5-6-10-16(12)11-7-9-15-13(17)14(2,3)4/h12H,5-11H2,1-4H3,(H,15,17). The molecule has 0 aromatic rings. The summed E-state index contributed by atoms with van der Waals surface area (Å²) in [6.07, 6.45) is 5.09. The van der Waals surface area contributed by atoms with E-state index in [2.05, 4.69) is 17.1 Å². The molecule has 1 heterocycles. The van der Waals surface area contributed by atoms with E-state index in [1.54, 1.807) is 0 Å². The maximum atomic E-state index is 11.7. The van der Waals surface area contributed by atoms with E-state index in [1.165, 1.54) is 25.8 Å². The zero-order valence-corrected chi connectivity index (χ0v) is 11.9. The van der Waals surface area contributed by atoms with Crippen LogP contribution in [-0.4, -0.2) is 36.5 Å². The van der Waals surface area contributed by atoms with E-state index in [9.17, 15) is 4.79 Å². The lowest BCUT2D eigenvalue weighted by molar-refractivity contribution is -0.128. The van der Waals surface area contributed by atoms with Gasteiger partial charge in [-0.3, -0.25) is 4.79 Å². The van der Waals surface area contributed by atoms with Crippen LogP contribution in [0.4, 0.5) is 0 Å². The van der Waals surface area contributed by atoms with Crippen LogP contribution in [0.15, 0.2) is 0 Å². The Morgan fingerprint density at radius 3 is 2.65 bits per heavy atom. The molecule has 1 fully saturated rings. The number of carbonyl (C=O) groups is 1. The lowest BCUT2D eigenvalue weighted by Gasteiger charge is -2.33. The van der Waals surface area contributed by atoms with Gasteiger partial charge in [-0.2, -0.15) is 0 Å². The number of nitrogens with one attached hydrogen (secondary N) is 1. The van der Waals surface area contributed by atoms with Crippen molar-refractivity contribution in [3.05, 3.63) is 0 Å². The Labute approximate surface area is 106 Å². The van der Waals surface area contributed by atoms with E-state index in [-0.39, 0.29) is 11.3 Å². The van der Waals surface area contributed by atoms with Crippen LogP contribution in [0, 0.1) is 5.41 Å². The Morgan fingerprint density at radius 2 is 2.06 bits per heavy atom. The van der Waals surface area contributed by atoms with Gasteiger partial charge in [0.05, 0.1) is 0 Å². The summed E-state index contributed by atoms with van der Waals surface area (Å²) in [7, 11) is 0. The smallest absolute Gasteiger partial charge is 0.225 e. The molecule has 100 valence electrons. The fourth-order valence-corrected chi connectivity index (χ4v) is 2.24. The van der Waals surface area contributed by atoms with Gasteiger partial charge in [0, 0.05) is 24.5 Å². The van der Waals surface area contributed by atoms with Crippen LogP contribution in [0.3, 0.4) is 0 Å². The summed E-state index contributed by atoms with van der Waals surface area (Å²) in [6.45, 7) is 11.3. The second kappa shape index (κ2) is 6.39. The summed E-state index contributed by atoms with van der Waals surface area (Å²) in [6, 6.07) is 0.724. The quantitative estimate of drug-likeness (QED) is 0.765. The number of nitrogens with zero attached hydrogens (tertiary/aromatic N) is 1. The molecule has 0 bridgehead atoms. The van der Waals surface area contributed by atoms with Crippen molar-refractivity contribution in [2.24, 2.45) is 5.41 Å². The van der Waals surface area contributed by atoms with Gasteiger partial charge < -0.3 is 10.2 Å². The lowest BCUT2D eigenvalue weighted by atomic mass is 9.96. The number of rotatable bonds is 4. The molecule has 0 aromatic heterocycles. The third kappa shape index (κ3) is 5.07. The topological polar surface area (TPSA) is 32.3 Å². The SMILES string of the molecule is CC1CCCCN1CCCNC(=O)C(C)(C)C. The molecule has 0 radical (unpaired) electrons. The molecule has 1 N–H and O–H groups in total. The first-order valence-electron chi connectivity index (χ1n) is 6.93. The Morgan fingerprint density at radius 1 is 1.35 bits per heavy atom. The van der Waals surface area contributed by atoms with Crippen molar-refractivity contribution < 1.29 is 4.79 Å². The molecule has 3 heteroatoms. The first kappa shape index (κ1) is 14.5. The zero-order chi connectivity index (χ0) is 12.9. The van der Waals surface area contributed by atoms with Gasteiger partial charge in [0.15, 0.2) is 0 Å². The summed E-state index contributed by atoms with van der Waals surface area (Å²) in [5.41, 5.74) is -0.265. The number of hydrogen-bond donors (Lipinski definition) is 1. The Balaban J connectivity index is 2.13. The number of piperidine rings is 1. The van der Waals surface area contributed by atoms with Crippen LogP contribution in [0.25, 0.3) is 0 Å². The van der Waals surface area contributed by atoms with Crippen molar-refractivity contribution in [2.45, 2.75) is 59.4 Å². The maximum Gasteiger partial charge on any atom is 0.225 e. The van der Waals surface area contributed by atoms with Crippen molar-refractivity contribution >= 4 is 5.91 Å². The average Bonchev–Trinajstić information content (AvgIpc) is 2.25. The van der Waals surface area contributed by atoms with Crippen molar-refractivity contribution in [1.82, 2.24) is 10.2 Å². The molecule has 1 rings (SSSR count). The van der Waals surface area contributed by atoms with Gasteiger partial charge in [-0.05, 0) is 32.7 Å². The van der Waals surface area contributed by atoms with Gasteiger partial charge in [0.1, 0.15) is 0 Å². The lowest BCUT2D eigenvalue weighted by Crippen LogP contribution is -2.40. The van der Waals surface area contributed by atoms with E-state index < -0.39 is 0 Å². The molecular weight excluding hydrogens is 212 g/mol. The summed E-state index contributed by atoms with van der Waals surface area (Å²) in [4.78, 5) is 14.2. The minimum absolute atomic E-state index is 0.157. The highest BCUT2D eigenvalue weighted by Gasteiger charge is 2.21. The summed E-state index contributed by atoms with van der Waals surface area (Å²) in [5.74, 6) is 0.157. The molecule has 0 spiro atoms. The molecule has 0 aliphatic carbocycles. The predicted molar refractivity (Wildman–Crippen MR) is 72.0 cm³/mol. The zero-order valence-electron chi connectivity index (χ0n) is 11.9. The van der Waals surface area contributed by atoms with Gasteiger partial charge in [-0.15, -0.1) is 0 Å². The van der Waals surface area contributed by atoms with Gasteiger partial charge in [-0.25, -0.2) is 0 Å². The van der Waals surface area contributed by atoms with Crippen molar-refractivity contribution in [2.75, 3.05) is 19.6 Å². The number of amides is 1. The Hall–Kier alpha value is -0.570. The summed E-state index contributed by atoms with van der Waals surface area (Å²) >= 11 is 0. The maximum absolute atomic E-state index is 11.7. The van der Waals surface area contributed by atoms with E-state index in [4.69, 9.17) is 0 Å². The van der Waals surface area contributed by atoms with Crippen molar-refractivity contribution in [1.29, 1.82) is 0 Å². The number of hydrogen-bond acceptors (Lipinski definition) is 2. The molecule has 0 saturated carbocycles. The third-order valence-corrected chi connectivity index (χ3v) is 3.53. The molecular formula is C14H28N2O. The fraction of sp³-hybridized carbons (Fsp3) is 0.929. The van der Waals surface area contributed by atoms with Crippen molar-refractivity contribution in [3.8, 4) is 0 Å². The van der Waals surface area contributed by atoms with Gasteiger partial charge in [0.25, 0.3) is 0 Å². The molecule has 0 aromatic carbocycles. The monoisotopic (exact) mass is 240 g/mol. The number of likely N-dealkylation sites (tertiary alicyclic amines) is 1. The molecule has 1 saturated heterocycles. The third-order valence-electron chi connectivity index (χ3n) is 3.53. The minimum Gasteiger partial charge on any atom is -0.356 e. The van der Waals surface area contributed by atoms with Gasteiger partial charge in [0.2, 0.25) is 5.91 Å². The molecule has 1 atom stereocenters. The van der Waals surface area contributed by atoms with E-state index in [0.717, 1.165) is 25.6 Å². The molecule has 17 heavy (non-hydrogen) atoms. The Kier molecular flexibility index (Phi) is 5.44. The fourth-order valence-electron chi connectivity index (χ4n) is 2.24.